The molecule has 0 unspecified atom stereocenters. The molecule has 9 heteroatoms. The molecule has 2 heterocycles. The Balaban J connectivity index is 1.70. The molecular formula is C22H24ClN5O2S. The molecule has 0 saturated heterocycles. The molecule has 2 aromatic carbocycles. The van der Waals surface area contributed by atoms with E-state index in [1.54, 1.807) is 7.11 Å². The molecule has 2 N–H and O–H groups in total. The first-order valence-electron chi connectivity index (χ1n) is 10.1. The van der Waals surface area contributed by atoms with Crippen LogP contribution < -0.4 is 15.5 Å². The van der Waals surface area contributed by atoms with E-state index < -0.39 is 5.25 Å². The molecule has 1 aromatic heterocycles. The van der Waals surface area contributed by atoms with Crippen LogP contribution >= 0.6 is 23.4 Å². The first-order chi connectivity index (χ1) is 15.0. The van der Waals surface area contributed by atoms with Crippen molar-refractivity contribution >= 4 is 35.0 Å². The summed E-state index contributed by atoms with van der Waals surface area (Å²) < 4.78 is 7.17. The van der Waals surface area contributed by atoms with Gasteiger partial charge in [-0.15, -0.1) is 10.2 Å². The second-order valence-electron chi connectivity index (χ2n) is 7.33. The van der Waals surface area contributed by atoms with Crippen LogP contribution in [-0.2, 0) is 11.2 Å². The quantitative estimate of drug-likeness (QED) is 0.563. The second-order valence-corrected chi connectivity index (χ2v) is 8.84. The van der Waals surface area contributed by atoms with Crippen LogP contribution in [0.1, 0.15) is 36.3 Å². The molecule has 0 radical (unpaired) electrons. The van der Waals surface area contributed by atoms with Crippen LogP contribution in [0.3, 0.4) is 0 Å². The number of methoxy groups -OCH3 is 1. The Morgan fingerprint density at radius 2 is 2.10 bits per heavy atom. The monoisotopic (exact) mass is 457 g/mol. The molecule has 31 heavy (non-hydrogen) atoms. The number of para-hydroxylation sites is 1. The van der Waals surface area contributed by atoms with Crippen molar-refractivity contribution in [3.05, 3.63) is 64.4 Å². The number of nitrogens with zero attached hydrogens (tertiary/aromatic N) is 3. The Labute approximate surface area is 190 Å². The fraction of sp³-hybridized carbons (Fsp3) is 0.318. The summed E-state index contributed by atoms with van der Waals surface area (Å²) in [5, 5.41) is 12.3. The van der Waals surface area contributed by atoms with E-state index in [1.165, 1.54) is 11.8 Å². The number of rotatable bonds is 6. The van der Waals surface area contributed by atoms with Crippen molar-refractivity contribution in [1.82, 2.24) is 14.9 Å². The smallest absolute Gasteiger partial charge is 0.240 e. The molecule has 162 valence electrons. The zero-order valence-electron chi connectivity index (χ0n) is 17.6. The third kappa shape index (κ3) is 4.36. The van der Waals surface area contributed by atoms with Crippen molar-refractivity contribution in [1.29, 1.82) is 0 Å². The van der Waals surface area contributed by atoms with Gasteiger partial charge in [0.25, 0.3) is 0 Å². The Bertz CT molecular complexity index is 1100. The largest absolute Gasteiger partial charge is 0.495 e. The highest BCUT2D eigenvalue weighted by Crippen LogP contribution is 2.39. The molecule has 1 aliphatic heterocycles. The molecular weight excluding hydrogens is 434 g/mol. The Kier molecular flexibility index (Phi) is 6.38. The van der Waals surface area contributed by atoms with Gasteiger partial charge < -0.3 is 15.5 Å². The van der Waals surface area contributed by atoms with E-state index in [2.05, 4.69) is 27.9 Å². The van der Waals surface area contributed by atoms with Crippen molar-refractivity contribution in [3.8, 4) is 5.75 Å². The van der Waals surface area contributed by atoms with E-state index in [-0.39, 0.29) is 11.9 Å². The number of fused-ring (bicyclic) bond motifs is 1. The van der Waals surface area contributed by atoms with Crippen molar-refractivity contribution < 1.29 is 9.53 Å². The van der Waals surface area contributed by atoms with Crippen LogP contribution in [0.4, 0.5) is 5.69 Å². The Morgan fingerprint density at radius 1 is 1.29 bits per heavy atom. The van der Waals surface area contributed by atoms with E-state index >= 15 is 0 Å². The van der Waals surface area contributed by atoms with Gasteiger partial charge in [-0.1, -0.05) is 54.6 Å². The number of aromatic nitrogens is 3. The highest BCUT2D eigenvalue weighted by molar-refractivity contribution is 8.00. The molecule has 1 aliphatic rings. The summed E-state index contributed by atoms with van der Waals surface area (Å²) in [5.41, 5.74) is 6.12. The molecule has 0 fully saturated rings. The average Bonchev–Trinajstić information content (AvgIpc) is 3.16. The topological polar surface area (TPSA) is 81.1 Å². The van der Waals surface area contributed by atoms with Gasteiger partial charge in [-0.2, -0.15) is 0 Å². The lowest BCUT2D eigenvalue weighted by Crippen LogP contribution is -2.41. The van der Waals surface area contributed by atoms with E-state index in [0.717, 1.165) is 35.5 Å². The second kappa shape index (κ2) is 9.20. The first-order valence-corrected chi connectivity index (χ1v) is 11.3. The number of aryl methyl sites for hydroxylation is 2. The molecule has 1 amide bonds. The number of carbonyl (C=O) groups excluding carboxylic acids is 1. The average molecular weight is 458 g/mol. The van der Waals surface area contributed by atoms with Crippen molar-refractivity contribution in [3.63, 3.8) is 0 Å². The summed E-state index contributed by atoms with van der Waals surface area (Å²) in [6.07, 6.45) is 1.73. The van der Waals surface area contributed by atoms with Gasteiger partial charge in [0.1, 0.15) is 11.0 Å². The summed E-state index contributed by atoms with van der Waals surface area (Å²) in [7, 11) is 1.58. The third-order valence-electron chi connectivity index (χ3n) is 5.17. The normalized spacial score (nSPS) is 17.5. The third-order valence-corrected chi connectivity index (χ3v) is 6.68. The highest BCUT2D eigenvalue weighted by Gasteiger charge is 2.38. The number of anilines is 1. The number of carbonyl (C=O) groups is 1. The summed E-state index contributed by atoms with van der Waals surface area (Å²) >= 11 is 7.79. The van der Waals surface area contributed by atoms with Crippen molar-refractivity contribution in [2.75, 3.05) is 17.9 Å². The van der Waals surface area contributed by atoms with Crippen molar-refractivity contribution in [2.24, 2.45) is 0 Å². The summed E-state index contributed by atoms with van der Waals surface area (Å²) in [6.45, 7) is 4.06. The minimum Gasteiger partial charge on any atom is -0.495 e. The lowest BCUT2D eigenvalue weighted by molar-refractivity contribution is -0.116. The van der Waals surface area contributed by atoms with E-state index in [4.69, 9.17) is 16.3 Å². The van der Waals surface area contributed by atoms with E-state index in [9.17, 15) is 4.79 Å². The van der Waals surface area contributed by atoms with Gasteiger partial charge in [0.2, 0.25) is 11.1 Å². The van der Waals surface area contributed by atoms with Gasteiger partial charge >= 0.3 is 0 Å². The van der Waals surface area contributed by atoms with Crippen LogP contribution in [0.5, 0.6) is 5.75 Å². The van der Waals surface area contributed by atoms with Crippen molar-refractivity contribution in [2.45, 2.75) is 43.1 Å². The van der Waals surface area contributed by atoms with Gasteiger partial charge in [-0.25, -0.2) is 4.68 Å². The summed E-state index contributed by atoms with van der Waals surface area (Å²) in [4.78, 5) is 13.4. The van der Waals surface area contributed by atoms with Gasteiger partial charge in [0, 0.05) is 12.1 Å². The number of hydrogen-bond acceptors (Lipinski definition) is 6. The number of ether oxygens (including phenoxy) is 1. The lowest BCUT2D eigenvalue weighted by atomic mass is 10.0. The zero-order chi connectivity index (χ0) is 22.0. The maximum absolute atomic E-state index is 13.4. The maximum Gasteiger partial charge on any atom is 0.240 e. The van der Waals surface area contributed by atoms with Crippen LogP contribution in [0.25, 0.3) is 0 Å². The maximum atomic E-state index is 13.4. The number of halogens is 1. The number of benzene rings is 2. The summed E-state index contributed by atoms with van der Waals surface area (Å²) in [5.74, 6) is 1.31. The number of thioether (sulfide) groups is 1. The minimum atomic E-state index is -0.477. The molecule has 2 atom stereocenters. The zero-order valence-corrected chi connectivity index (χ0v) is 19.1. The molecule has 7 nitrogen and oxygen atoms in total. The van der Waals surface area contributed by atoms with Crippen LogP contribution in [0.2, 0.25) is 5.02 Å². The van der Waals surface area contributed by atoms with E-state index in [1.807, 2.05) is 54.1 Å². The van der Waals surface area contributed by atoms with Gasteiger partial charge in [0.15, 0.2) is 5.82 Å². The van der Waals surface area contributed by atoms with Gasteiger partial charge in [-0.3, -0.25) is 4.79 Å². The predicted molar refractivity (Wildman–Crippen MR) is 124 cm³/mol. The predicted octanol–water partition coefficient (Wildman–Crippen LogP) is 4.60. The van der Waals surface area contributed by atoms with Crippen LogP contribution in [0, 0.1) is 6.92 Å². The highest BCUT2D eigenvalue weighted by atomic mass is 35.5. The molecule has 3 aromatic rings. The molecule has 0 bridgehead atoms. The first kappa shape index (κ1) is 21.5. The molecule has 0 aliphatic carbocycles. The fourth-order valence-corrected chi connectivity index (χ4v) is 4.89. The fourth-order valence-electron chi connectivity index (χ4n) is 3.53. The number of nitrogens with one attached hydrogen (secondary N) is 2. The van der Waals surface area contributed by atoms with Gasteiger partial charge in [0.05, 0.1) is 18.2 Å². The Hall–Kier alpha value is -2.71. The number of amides is 1. The molecule has 4 rings (SSSR count). The van der Waals surface area contributed by atoms with Gasteiger partial charge in [-0.05, 0) is 42.7 Å². The number of hydrogen-bond donors (Lipinski definition) is 2. The molecule has 0 saturated carbocycles. The SMILES string of the molecule is CCCc1nnc2n1N[C@@H](c1ccc(OC)c(Cl)c1)[C@@H](C(=O)Nc1ccccc1C)S2. The summed E-state index contributed by atoms with van der Waals surface area (Å²) in [6, 6.07) is 13.0. The molecule has 0 spiro atoms. The minimum absolute atomic E-state index is 0.116. The van der Waals surface area contributed by atoms with E-state index in [0.29, 0.717) is 15.9 Å². The van der Waals surface area contributed by atoms with Crippen LogP contribution in [0.15, 0.2) is 47.6 Å². The van der Waals surface area contributed by atoms with Crippen LogP contribution in [-0.4, -0.2) is 33.1 Å². The Morgan fingerprint density at radius 3 is 2.81 bits per heavy atom. The standard InChI is InChI=1S/C22H24ClN5O2S/c1-4-7-18-25-26-22-28(18)27-19(14-10-11-17(30-3)15(23)12-14)20(31-22)21(29)24-16-9-6-5-8-13(16)2/h5-6,8-12,19-20,27H,4,7H2,1-3H3,(H,24,29)/t19-,20-/m0/s1. The lowest BCUT2D eigenvalue weighted by Gasteiger charge is -2.33.